The molecule has 0 saturated carbocycles. The first-order valence-electron chi connectivity index (χ1n) is 7.59. The van der Waals surface area contributed by atoms with Gasteiger partial charge >= 0.3 is 0 Å². The highest BCUT2D eigenvalue weighted by Gasteiger charge is 2.18. The number of benzene rings is 2. The molecule has 0 saturated heterocycles. The maximum absolute atomic E-state index is 14.4. The molecule has 3 aromatic rings. The summed E-state index contributed by atoms with van der Waals surface area (Å²) in [5.74, 6) is -1.64. The van der Waals surface area contributed by atoms with Crippen molar-refractivity contribution in [1.29, 1.82) is 0 Å². The number of nitrogens with zero attached hydrogens (tertiary/aromatic N) is 1. The van der Waals surface area contributed by atoms with Crippen LogP contribution >= 0.6 is 22.9 Å². The summed E-state index contributed by atoms with van der Waals surface area (Å²) in [5.41, 5.74) is 0.770. The maximum Gasteiger partial charge on any atom is 0.254 e. The Kier molecular flexibility index (Phi) is 5.51. The number of hydrogen-bond donors (Lipinski definition) is 3. The molecular weight excluding hydrogens is 379 g/mol. The molecular formula is C18H14ClFN2O3S. The average Bonchev–Trinajstić information content (AvgIpc) is 3.11. The first kappa shape index (κ1) is 18.3. The molecule has 8 heteroatoms. The van der Waals surface area contributed by atoms with Crippen LogP contribution in [0.1, 0.15) is 20.9 Å². The average molecular weight is 393 g/mol. The van der Waals surface area contributed by atoms with Gasteiger partial charge in [0, 0.05) is 23.3 Å². The van der Waals surface area contributed by atoms with Crippen LogP contribution in [0.4, 0.5) is 4.39 Å². The van der Waals surface area contributed by atoms with Crippen molar-refractivity contribution in [2.75, 3.05) is 0 Å². The van der Waals surface area contributed by atoms with E-state index in [0.717, 1.165) is 29.0 Å². The predicted octanol–water partition coefficient (Wildman–Crippen LogP) is 3.73. The molecule has 0 atom stereocenters. The van der Waals surface area contributed by atoms with Gasteiger partial charge in [-0.2, -0.15) is 0 Å². The Hall–Kier alpha value is -2.48. The molecule has 0 fully saturated rings. The quantitative estimate of drug-likeness (QED) is 0.618. The topological polar surface area (TPSA) is 82.5 Å². The lowest BCUT2D eigenvalue weighted by atomic mass is 10.1. The van der Waals surface area contributed by atoms with E-state index in [0.29, 0.717) is 14.9 Å². The summed E-state index contributed by atoms with van der Waals surface area (Å²) < 4.78 is 14.4. The monoisotopic (exact) mass is 392 g/mol. The Morgan fingerprint density at radius 3 is 2.65 bits per heavy atom. The molecule has 0 spiro atoms. The highest BCUT2D eigenvalue weighted by molar-refractivity contribution is 7.15. The van der Waals surface area contributed by atoms with Crippen molar-refractivity contribution >= 4 is 28.8 Å². The van der Waals surface area contributed by atoms with Crippen molar-refractivity contribution in [3.63, 3.8) is 0 Å². The Morgan fingerprint density at radius 1 is 1.27 bits per heavy atom. The third-order valence-corrected chi connectivity index (χ3v) is 4.92. The van der Waals surface area contributed by atoms with Crippen LogP contribution in [0.3, 0.4) is 0 Å². The standard InChI is InChI=1S/C18H14ClFN2O3S/c19-11-3-1-10(2-4-11)7-22-18(25)12-6-15(24)13(5-14(12)20)16-8-21-17(9-23)26-16/h1-6,8,23-24H,7,9H2,(H,22,25). The molecule has 0 bridgehead atoms. The van der Waals surface area contributed by atoms with Gasteiger partial charge in [-0.1, -0.05) is 23.7 Å². The van der Waals surface area contributed by atoms with E-state index in [2.05, 4.69) is 10.3 Å². The van der Waals surface area contributed by atoms with Crippen LogP contribution in [0, 0.1) is 5.82 Å². The Morgan fingerprint density at radius 2 is 2.00 bits per heavy atom. The molecule has 1 amide bonds. The lowest BCUT2D eigenvalue weighted by Gasteiger charge is -2.09. The van der Waals surface area contributed by atoms with Gasteiger partial charge in [0.2, 0.25) is 0 Å². The van der Waals surface area contributed by atoms with Crippen molar-refractivity contribution in [1.82, 2.24) is 10.3 Å². The minimum absolute atomic E-state index is 0.201. The van der Waals surface area contributed by atoms with Crippen molar-refractivity contribution in [3.8, 4) is 16.2 Å². The van der Waals surface area contributed by atoms with Crippen LogP contribution in [0.25, 0.3) is 10.4 Å². The molecule has 0 aliphatic rings. The Labute approximate surface area is 157 Å². The summed E-state index contributed by atoms with van der Waals surface area (Å²) in [6.07, 6.45) is 1.44. The number of hydrogen-bond acceptors (Lipinski definition) is 5. The second-order valence-corrected chi connectivity index (χ2v) is 6.99. The molecule has 1 aromatic heterocycles. The van der Waals surface area contributed by atoms with E-state index in [9.17, 15) is 14.3 Å². The molecule has 0 aliphatic carbocycles. The van der Waals surface area contributed by atoms with E-state index in [4.69, 9.17) is 16.7 Å². The molecule has 26 heavy (non-hydrogen) atoms. The number of thiazole rings is 1. The van der Waals surface area contributed by atoms with Crippen LogP contribution in [0.2, 0.25) is 5.02 Å². The number of aliphatic hydroxyl groups excluding tert-OH is 1. The van der Waals surface area contributed by atoms with Gasteiger partial charge in [-0.25, -0.2) is 9.37 Å². The highest BCUT2D eigenvalue weighted by Crippen LogP contribution is 2.35. The zero-order valence-electron chi connectivity index (χ0n) is 13.4. The molecule has 3 rings (SSSR count). The van der Waals surface area contributed by atoms with Crippen molar-refractivity contribution < 1.29 is 19.4 Å². The number of amides is 1. The summed E-state index contributed by atoms with van der Waals surface area (Å²) in [6, 6.07) is 9.06. The minimum Gasteiger partial charge on any atom is -0.507 e. The van der Waals surface area contributed by atoms with Crippen molar-refractivity contribution in [2.24, 2.45) is 0 Å². The third-order valence-electron chi connectivity index (χ3n) is 3.65. The van der Waals surface area contributed by atoms with Gasteiger partial charge in [-0.05, 0) is 29.8 Å². The molecule has 0 radical (unpaired) electrons. The van der Waals surface area contributed by atoms with Crippen LogP contribution in [-0.4, -0.2) is 21.1 Å². The molecule has 5 nitrogen and oxygen atoms in total. The SMILES string of the molecule is O=C(NCc1ccc(Cl)cc1)c1cc(O)c(-c2cnc(CO)s2)cc1F. The molecule has 2 aromatic carbocycles. The zero-order chi connectivity index (χ0) is 18.7. The number of aromatic hydroxyl groups is 1. The number of nitrogens with one attached hydrogen (secondary N) is 1. The largest absolute Gasteiger partial charge is 0.507 e. The summed E-state index contributed by atoms with van der Waals surface area (Å²) in [5, 5.41) is 22.9. The second-order valence-electron chi connectivity index (χ2n) is 5.43. The first-order chi connectivity index (χ1) is 12.5. The summed E-state index contributed by atoms with van der Waals surface area (Å²) in [6.45, 7) is -0.0360. The number of carbonyl (C=O) groups excluding carboxylic acids is 1. The number of rotatable bonds is 5. The first-order valence-corrected chi connectivity index (χ1v) is 8.78. The maximum atomic E-state index is 14.4. The van der Waals surface area contributed by atoms with Gasteiger partial charge in [0.05, 0.1) is 17.0 Å². The smallest absolute Gasteiger partial charge is 0.254 e. The number of aromatic nitrogens is 1. The number of phenolic OH excluding ortho intramolecular Hbond substituents is 1. The van der Waals surface area contributed by atoms with E-state index in [-0.39, 0.29) is 30.0 Å². The lowest BCUT2D eigenvalue weighted by Crippen LogP contribution is -2.23. The zero-order valence-corrected chi connectivity index (χ0v) is 14.9. The van der Waals surface area contributed by atoms with Crippen LogP contribution < -0.4 is 5.32 Å². The fourth-order valence-electron chi connectivity index (χ4n) is 2.32. The third kappa shape index (κ3) is 4.01. The number of phenols is 1. The number of carbonyl (C=O) groups is 1. The summed E-state index contributed by atoms with van der Waals surface area (Å²) in [7, 11) is 0. The lowest BCUT2D eigenvalue weighted by molar-refractivity contribution is 0.0946. The Balaban J connectivity index is 1.78. The van der Waals surface area contributed by atoms with E-state index in [1.165, 1.54) is 6.20 Å². The van der Waals surface area contributed by atoms with E-state index in [1.807, 2.05) is 0 Å². The highest BCUT2D eigenvalue weighted by atomic mass is 35.5. The molecule has 0 unspecified atom stereocenters. The molecule has 3 N–H and O–H groups in total. The normalized spacial score (nSPS) is 10.7. The van der Waals surface area contributed by atoms with Crippen LogP contribution in [0.5, 0.6) is 5.75 Å². The fraction of sp³-hybridized carbons (Fsp3) is 0.111. The van der Waals surface area contributed by atoms with Gasteiger partial charge in [0.15, 0.2) is 0 Å². The molecule has 0 aliphatic heterocycles. The Bertz CT molecular complexity index is 944. The van der Waals surface area contributed by atoms with Gasteiger partial charge in [-0.3, -0.25) is 4.79 Å². The van der Waals surface area contributed by atoms with E-state index in [1.54, 1.807) is 24.3 Å². The number of aliphatic hydroxyl groups is 1. The minimum atomic E-state index is -0.759. The van der Waals surface area contributed by atoms with Crippen molar-refractivity contribution in [2.45, 2.75) is 13.2 Å². The van der Waals surface area contributed by atoms with Gasteiger partial charge in [-0.15, -0.1) is 11.3 Å². The molecule has 134 valence electrons. The summed E-state index contributed by atoms with van der Waals surface area (Å²) in [4.78, 5) is 16.7. The van der Waals surface area contributed by atoms with E-state index < -0.39 is 11.7 Å². The van der Waals surface area contributed by atoms with Gasteiger partial charge in [0.1, 0.15) is 16.6 Å². The van der Waals surface area contributed by atoms with Gasteiger partial charge in [0.25, 0.3) is 5.91 Å². The van der Waals surface area contributed by atoms with Crippen molar-refractivity contribution in [3.05, 3.63) is 69.6 Å². The molecule has 1 heterocycles. The van der Waals surface area contributed by atoms with Crippen LogP contribution in [-0.2, 0) is 13.2 Å². The van der Waals surface area contributed by atoms with E-state index >= 15 is 0 Å². The fourth-order valence-corrected chi connectivity index (χ4v) is 3.25. The predicted molar refractivity (Wildman–Crippen MR) is 97.7 cm³/mol. The van der Waals surface area contributed by atoms with Crippen LogP contribution in [0.15, 0.2) is 42.6 Å². The number of halogens is 2. The van der Waals surface area contributed by atoms with Gasteiger partial charge < -0.3 is 15.5 Å². The summed E-state index contributed by atoms with van der Waals surface area (Å²) >= 11 is 6.94. The second kappa shape index (κ2) is 7.82.